The number of carbonyl (C=O) groups excluding carboxylic acids is 2. The second-order valence-corrected chi connectivity index (χ2v) is 7.80. The van der Waals surface area contributed by atoms with Crippen molar-refractivity contribution in [2.45, 2.75) is 63.6 Å². The van der Waals surface area contributed by atoms with Crippen LogP contribution in [-0.2, 0) is 9.59 Å². The first kappa shape index (κ1) is 17.9. The van der Waals surface area contributed by atoms with Crippen LogP contribution < -0.4 is 0 Å². The molecule has 2 aliphatic rings. The average Bonchev–Trinajstić information content (AvgIpc) is 2.78. The van der Waals surface area contributed by atoms with Gasteiger partial charge >= 0.3 is 0 Å². The van der Waals surface area contributed by atoms with Gasteiger partial charge in [-0.1, -0.05) is 30.3 Å². The maximum Gasteiger partial charge on any atom is 0.254 e. The van der Waals surface area contributed by atoms with Crippen molar-refractivity contribution in [3.8, 4) is 0 Å². The van der Waals surface area contributed by atoms with Gasteiger partial charge in [-0.2, -0.15) is 0 Å². The lowest BCUT2D eigenvalue weighted by atomic mass is 9.89. The highest BCUT2D eigenvalue weighted by atomic mass is 16.3. The number of hydrogen-bond acceptors (Lipinski definition) is 3. The molecule has 2 aliphatic heterocycles. The van der Waals surface area contributed by atoms with Crippen molar-refractivity contribution in [1.82, 2.24) is 9.80 Å². The molecule has 25 heavy (non-hydrogen) atoms. The van der Waals surface area contributed by atoms with Crippen LogP contribution in [0.2, 0.25) is 0 Å². The molecule has 2 amide bonds. The monoisotopic (exact) mass is 344 g/mol. The number of hydrogen-bond donors (Lipinski definition) is 1. The molecule has 0 aromatic heterocycles. The Labute approximate surface area is 149 Å². The van der Waals surface area contributed by atoms with Gasteiger partial charge in [0.2, 0.25) is 5.91 Å². The normalized spacial score (nSPS) is 27.0. The van der Waals surface area contributed by atoms with Crippen LogP contribution in [0.4, 0.5) is 0 Å². The molecule has 136 valence electrons. The van der Waals surface area contributed by atoms with Crippen LogP contribution in [0.1, 0.15) is 51.5 Å². The summed E-state index contributed by atoms with van der Waals surface area (Å²) < 4.78 is 0. The summed E-state index contributed by atoms with van der Waals surface area (Å²) in [5, 5.41) is 10.3. The van der Waals surface area contributed by atoms with Gasteiger partial charge in [-0.05, 0) is 38.7 Å². The molecule has 5 heteroatoms. The van der Waals surface area contributed by atoms with Crippen LogP contribution in [-0.4, -0.2) is 57.5 Å². The van der Waals surface area contributed by atoms with Gasteiger partial charge in [-0.3, -0.25) is 9.59 Å². The summed E-state index contributed by atoms with van der Waals surface area (Å²) in [7, 11) is 0. The summed E-state index contributed by atoms with van der Waals surface area (Å²) in [6, 6.07) is 10.1. The van der Waals surface area contributed by atoms with Crippen LogP contribution in [0.3, 0.4) is 0 Å². The van der Waals surface area contributed by atoms with Gasteiger partial charge < -0.3 is 14.9 Å². The summed E-state index contributed by atoms with van der Waals surface area (Å²) in [5.41, 5.74) is -0.250. The molecule has 3 rings (SSSR count). The topological polar surface area (TPSA) is 60.9 Å². The van der Waals surface area contributed by atoms with Gasteiger partial charge in [0.1, 0.15) is 5.60 Å². The molecule has 2 fully saturated rings. The number of aliphatic hydroxyl groups is 1. The van der Waals surface area contributed by atoms with Gasteiger partial charge in [-0.15, -0.1) is 0 Å². The van der Waals surface area contributed by atoms with Gasteiger partial charge in [0, 0.05) is 25.9 Å². The fraction of sp³-hybridized carbons (Fsp3) is 0.600. The van der Waals surface area contributed by atoms with Gasteiger partial charge in [-0.25, -0.2) is 0 Å². The van der Waals surface area contributed by atoms with Crippen LogP contribution >= 0.6 is 0 Å². The van der Waals surface area contributed by atoms with Crippen LogP contribution in [0.5, 0.6) is 0 Å². The standard InChI is InChI=1S/C20H28N2O3/c1-14(23)21-12-8-7-11-17-18(21)16(15-9-5-4-6-10-15)13-22(17)19(24)20(2,3)25/h4-6,9-10,16-18,25H,7-8,11-13H2,1-3H3/t16-,17-,18-/m0/s1. The summed E-state index contributed by atoms with van der Waals surface area (Å²) in [4.78, 5) is 29.0. The molecule has 5 nitrogen and oxygen atoms in total. The summed E-state index contributed by atoms with van der Waals surface area (Å²) in [6.07, 6.45) is 2.82. The Morgan fingerprint density at radius 2 is 1.80 bits per heavy atom. The fourth-order valence-corrected chi connectivity index (χ4v) is 4.40. The number of carbonyl (C=O) groups is 2. The third-order valence-electron chi connectivity index (χ3n) is 5.53. The van der Waals surface area contributed by atoms with Gasteiger partial charge in [0.05, 0.1) is 12.1 Å². The molecule has 1 aromatic rings. The second kappa shape index (κ2) is 6.79. The smallest absolute Gasteiger partial charge is 0.254 e. The van der Waals surface area contributed by atoms with E-state index in [2.05, 4.69) is 12.1 Å². The van der Waals surface area contributed by atoms with Crippen molar-refractivity contribution in [2.75, 3.05) is 13.1 Å². The number of nitrogens with zero attached hydrogens (tertiary/aromatic N) is 2. The molecule has 0 aliphatic carbocycles. The number of likely N-dealkylation sites (tertiary alicyclic amines) is 2. The average molecular weight is 344 g/mol. The highest BCUT2D eigenvalue weighted by molar-refractivity contribution is 5.85. The second-order valence-electron chi connectivity index (χ2n) is 7.80. The molecule has 0 unspecified atom stereocenters. The van der Waals surface area contributed by atoms with E-state index in [0.29, 0.717) is 6.54 Å². The molecule has 0 radical (unpaired) electrons. The SMILES string of the molecule is CC(=O)N1CCCC[C@H]2[C@@H]1[C@H](c1ccccc1)CN2C(=O)C(C)(C)O. The van der Waals surface area contributed by atoms with Crippen molar-refractivity contribution < 1.29 is 14.7 Å². The van der Waals surface area contributed by atoms with Crippen molar-refractivity contribution >= 4 is 11.8 Å². The predicted octanol–water partition coefficient (Wildman–Crippen LogP) is 2.15. The number of rotatable bonds is 2. The quantitative estimate of drug-likeness (QED) is 0.894. The minimum atomic E-state index is -1.40. The molecule has 2 saturated heterocycles. The molecule has 3 atom stereocenters. The lowest BCUT2D eigenvalue weighted by Crippen LogP contribution is -2.52. The molecule has 0 saturated carbocycles. The zero-order valence-corrected chi connectivity index (χ0v) is 15.3. The van der Waals surface area contributed by atoms with Crippen molar-refractivity contribution in [3.05, 3.63) is 35.9 Å². The minimum absolute atomic E-state index is 0.0197. The molecular formula is C20H28N2O3. The number of amides is 2. The first-order chi connectivity index (χ1) is 11.8. The van der Waals surface area contributed by atoms with Crippen LogP contribution in [0, 0.1) is 0 Å². The van der Waals surface area contributed by atoms with E-state index in [0.717, 1.165) is 31.4 Å². The Hall–Kier alpha value is -1.88. The summed E-state index contributed by atoms with van der Waals surface area (Å²) >= 11 is 0. The maximum atomic E-state index is 12.9. The van der Waals surface area contributed by atoms with E-state index in [9.17, 15) is 14.7 Å². The highest BCUT2D eigenvalue weighted by Crippen LogP contribution is 2.40. The maximum absolute atomic E-state index is 12.9. The van der Waals surface area contributed by atoms with Crippen LogP contribution in [0.25, 0.3) is 0 Å². The number of fused-ring (bicyclic) bond motifs is 1. The lowest BCUT2D eigenvalue weighted by Gasteiger charge is -2.35. The molecule has 0 bridgehead atoms. The zero-order chi connectivity index (χ0) is 18.2. The largest absolute Gasteiger partial charge is 0.381 e. The zero-order valence-electron chi connectivity index (χ0n) is 15.3. The van der Waals surface area contributed by atoms with E-state index in [1.807, 2.05) is 28.0 Å². The van der Waals surface area contributed by atoms with Crippen LogP contribution in [0.15, 0.2) is 30.3 Å². The first-order valence-electron chi connectivity index (χ1n) is 9.16. The van der Waals surface area contributed by atoms with E-state index >= 15 is 0 Å². The van der Waals surface area contributed by atoms with E-state index in [1.54, 1.807) is 20.8 Å². The minimum Gasteiger partial charge on any atom is -0.381 e. The first-order valence-corrected chi connectivity index (χ1v) is 9.16. The van der Waals surface area contributed by atoms with E-state index in [1.165, 1.54) is 0 Å². The summed E-state index contributed by atoms with van der Waals surface area (Å²) in [5.74, 6) is -0.0961. The molecule has 2 heterocycles. The van der Waals surface area contributed by atoms with Gasteiger partial charge in [0.15, 0.2) is 0 Å². The van der Waals surface area contributed by atoms with E-state index in [4.69, 9.17) is 0 Å². The summed E-state index contributed by atoms with van der Waals surface area (Å²) in [6.45, 7) is 5.99. The number of benzene rings is 1. The highest BCUT2D eigenvalue weighted by Gasteiger charge is 2.50. The molecule has 1 aromatic carbocycles. The molecule has 1 N–H and O–H groups in total. The lowest BCUT2D eigenvalue weighted by molar-refractivity contribution is -0.149. The molecular weight excluding hydrogens is 316 g/mol. The Morgan fingerprint density at radius 1 is 1.12 bits per heavy atom. The Morgan fingerprint density at radius 3 is 2.40 bits per heavy atom. The third-order valence-corrected chi connectivity index (χ3v) is 5.53. The van der Waals surface area contributed by atoms with E-state index in [-0.39, 0.29) is 29.8 Å². The predicted molar refractivity (Wildman–Crippen MR) is 96.0 cm³/mol. The van der Waals surface area contributed by atoms with Crippen molar-refractivity contribution in [1.29, 1.82) is 0 Å². The van der Waals surface area contributed by atoms with E-state index < -0.39 is 5.60 Å². The van der Waals surface area contributed by atoms with Gasteiger partial charge in [0.25, 0.3) is 5.91 Å². The van der Waals surface area contributed by atoms with Crippen molar-refractivity contribution in [3.63, 3.8) is 0 Å². The fourth-order valence-electron chi connectivity index (χ4n) is 4.40. The molecule has 0 spiro atoms. The Balaban J connectivity index is 2.02. The third kappa shape index (κ3) is 3.43. The van der Waals surface area contributed by atoms with Crippen molar-refractivity contribution in [2.24, 2.45) is 0 Å². The Kier molecular flexibility index (Phi) is 4.87. The Bertz CT molecular complexity index is 638.